The number of likely N-dealkylation sites (tertiary alicyclic amines) is 1. The number of aliphatic carboxylic acids is 1. The molecule has 43 heavy (non-hydrogen) atoms. The largest absolute Gasteiger partial charge is 0.480 e. The van der Waals surface area contributed by atoms with Gasteiger partial charge in [-0.2, -0.15) is 5.10 Å². The molecular formula is C33H52Cl3FN4O2. The summed E-state index contributed by atoms with van der Waals surface area (Å²) in [6, 6.07) is 7.23. The second kappa shape index (κ2) is 14.8. The van der Waals surface area contributed by atoms with E-state index in [9.17, 15) is 14.3 Å². The lowest BCUT2D eigenvalue weighted by Gasteiger charge is -2.42. The highest BCUT2D eigenvalue weighted by Gasteiger charge is 2.49. The zero-order valence-electron chi connectivity index (χ0n) is 26.6. The summed E-state index contributed by atoms with van der Waals surface area (Å²) in [5.74, 6) is -0.412. The summed E-state index contributed by atoms with van der Waals surface area (Å²) in [4.78, 5) is 17.2. The molecule has 244 valence electrons. The molecule has 1 aromatic carbocycles. The molecule has 1 saturated carbocycles. The topological polar surface area (TPSA) is 61.6 Å². The van der Waals surface area contributed by atoms with E-state index in [4.69, 9.17) is 5.10 Å². The Bertz CT molecular complexity index is 1230. The van der Waals surface area contributed by atoms with Crippen LogP contribution in [0.2, 0.25) is 0 Å². The summed E-state index contributed by atoms with van der Waals surface area (Å²) in [5, 5.41) is 15.2. The van der Waals surface area contributed by atoms with Gasteiger partial charge in [0.1, 0.15) is 11.4 Å². The molecule has 1 unspecified atom stereocenters. The average Bonchev–Trinajstić information content (AvgIpc) is 3.63. The van der Waals surface area contributed by atoms with Crippen LogP contribution in [0, 0.1) is 17.7 Å². The maximum Gasteiger partial charge on any atom is 0.324 e. The average molecular weight is 662 g/mol. The van der Waals surface area contributed by atoms with Gasteiger partial charge in [-0.05, 0) is 120 Å². The predicted octanol–water partition coefficient (Wildman–Crippen LogP) is 7.14. The van der Waals surface area contributed by atoms with Crippen LogP contribution in [0.1, 0.15) is 95.2 Å². The first-order chi connectivity index (χ1) is 19.0. The van der Waals surface area contributed by atoms with Gasteiger partial charge in [0.05, 0.1) is 5.69 Å². The first kappa shape index (κ1) is 37.8. The number of nitrogens with zero attached hydrogens (tertiary/aromatic N) is 4. The Hall–Kier alpha value is -1.38. The van der Waals surface area contributed by atoms with E-state index in [2.05, 4.69) is 34.4 Å². The van der Waals surface area contributed by atoms with Crippen molar-refractivity contribution in [1.29, 1.82) is 0 Å². The Morgan fingerprint density at radius 2 is 1.84 bits per heavy atom. The van der Waals surface area contributed by atoms with Crippen LogP contribution in [0.4, 0.5) is 4.39 Å². The summed E-state index contributed by atoms with van der Waals surface area (Å²) in [6.07, 6.45) is 7.54. The zero-order valence-corrected chi connectivity index (χ0v) is 29.1. The van der Waals surface area contributed by atoms with Crippen molar-refractivity contribution in [3.05, 3.63) is 52.6 Å². The van der Waals surface area contributed by atoms with Gasteiger partial charge in [0.25, 0.3) is 0 Å². The molecule has 2 aromatic rings. The van der Waals surface area contributed by atoms with E-state index in [1.54, 1.807) is 6.07 Å². The third-order valence-electron chi connectivity index (χ3n) is 11.2. The van der Waals surface area contributed by atoms with Crippen LogP contribution in [-0.4, -0.2) is 68.9 Å². The molecule has 3 aliphatic rings. The molecule has 1 saturated heterocycles. The van der Waals surface area contributed by atoms with Crippen LogP contribution in [0.15, 0.2) is 24.3 Å². The number of likely N-dealkylation sites (N-methyl/N-ethyl adjacent to an activating group) is 1. The molecule has 2 aliphatic carbocycles. The molecule has 0 bridgehead atoms. The van der Waals surface area contributed by atoms with Crippen LogP contribution in [0.5, 0.6) is 0 Å². The van der Waals surface area contributed by atoms with Gasteiger partial charge in [-0.1, -0.05) is 32.9 Å². The number of carbonyl (C=O) groups is 1. The van der Waals surface area contributed by atoms with Gasteiger partial charge in [-0.3, -0.25) is 14.4 Å². The van der Waals surface area contributed by atoms with E-state index < -0.39 is 11.5 Å². The molecule has 10 heteroatoms. The van der Waals surface area contributed by atoms with E-state index in [1.807, 2.05) is 33.9 Å². The molecule has 0 radical (unpaired) electrons. The van der Waals surface area contributed by atoms with Crippen molar-refractivity contribution in [2.45, 2.75) is 109 Å². The molecule has 0 amide bonds. The summed E-state index contributed by atoms with van der Waals surface area (Å²) in [5.41, 5.74) is 4.71. The lowest BCUT2D eigenvalue weighted by Crippen LogP contribution is -2.57. The molecule has 2 heterocycles. The molecule has 6 nitrogen and oxygen atoms in total. The van der Waals surface area contributed by atoms with Crippen molar-refractivity contribution >= 4 is 43.2 Å². The number of halogens is 4. The van der Waals surface area contributed by atoms with Gasteiger partial charge in [0, 0.05) is 30.2 Å². The van der Waals surface area contributed by atoms with E-state index >= 15 is 0 Å². The van der Waals surface area contributed by atoms with E-state index in [0.29, 0.717) is 5.92 Å². The van der Waals surface area contributed by atoms with Gasteiger partial charge in [0.2, 0.25) is 0 Å². The van der Waals surface area contributed by atoms with Gasteiger partial charge >= 0.3 is 5.97 Å². The Labute approximate surface area is 276 Å². The third-order valence-corrected chi connectivity index (χ3v) is 11.2. The molecule has 1 aliphatic heterocycles. The second-order valence-electron chi connectivity index (χ2n) is 13.3. The first-order valence-corrected chi connectivity index (χ1v) is 15.6. The lowest BCUT2D eigenvalue weighted by molar-refractivity contribution is -0.154. The first-order valence-electron chi connectivity index (χ1n) is 15.6. The maximum absolute atomic E-state index is 14.3. The Balaban J connectivity index is 0.00000215. The molecule has 1 aromatic heterocycles. The van der Waals surface area contributed by atoms with Crippen molar-refractivity contribution < 1.29 is 14.3 Å². The van der Waals surface area contributed by atoms with Gasteiger partial charge < -0.3 is 10.0 Å². The van der Waals surface area contributed by atoms with Crippen molar-refractivity contribution in [2.75, 3.05) is 26.7 Å². The van der Waals surface area contributed by atoms with Gasteiger partial charge in [0.15, 0.2) is 0 Å². The van der Waals surface area contributed by atoms with Crippen LogP contribution >= 0.6 is 37.2 Å². The zero-order chi connectivity index (χ0) is 28.8. The molecule has 5 rings (SSSR count). The fourth-order valence-corrected chi connectivity index (χ4v) is 8.33. The van der Waals surface area contributed by atoms with Crippen molar-refractivity contribution in [3.8, 4) is 0 Å². The minimum atomic E-state index is -0.941. The number of aryl methyl sites for hydroxylation is 2. The molecule has 2 fully saturated rings. The highest BCUT2D eigenvalue weighted by Crippen LogP contribution is 2.49. The number of hydrogen-bond acceptors (Lipinski definition) is 4. The van der Waals surface area contributed by atoms with Crippen molar-refractivity contribution in [1.82, 2.24) is 19.6 Å². The molecule has 1 spiro atoms. The quantitative estimate of drug-likeness (QED) is 0.310. The summed E-state index contributed by atoms with van der Waals surface area (Å²) < 4.78 is 16.6. The van der Waals surface area contributed by atoms with Crippen LogP contribution in [0.25, 0.3) is 0 Å². The van der Waals surface area contributed by atoms with Crippen LogP contribution in [0.3, 0.4) is 0 Å². The number of carboxylic acids is 1. The van der Waals surface area contributed by atoms with E-state index in [1.165, 1.54) is 42.3 Å². The molecular weight excluding hydrogens is 610 g/mol. The van der Waals surface area contributed by atoms with Gasteiger partial charge in [-0.15, -0.1) is 37.2 Å². The number of aromatic nitrogens is 2. The highest BCUT2D eigenvalue weighted by atomic mass is 35.5. The third kappa shape index (κ3) is 6.77. The molecule has 1 N–H and O–H groups in total. The predicted molar refractivity (Wildman–Crippen MR) is 179 cm³/mol. The van der Waals surface area contributed by atoms with Crippen LogP contribution < -0.4 is 0 Å². The minimum absolute atomic E-state index is 0. The minimum Gasteiger partial charge on any atom is -0.480 e. The highest BCUT2D eigenvalue weighted by molar-refractivity contribution is 5.86. The Morgan fingerprint density at radius 3 is 2.40 bits per heavy atom. The molecule has 4 atom stereocenters. The van der Waals surface area contributed by atoms with Crippen LogP contribution in [-0.2, 0) is 29.6 Å². The standard InChI is InChI=1S/C33H49FN4O2.3ClH/c1-7-29-27-12-13-33(30(27)38(8-2)35-29)14-16-37(17-15-33)21-24-19-26(36(6)32(5,22(3)4)31(39)40)20-28(24)23-10-9-11-25(34)18-23;;;/h9-11,18,22,24,26,28H,7-8,12-17,19-21H2,1-6H3,(H,39,40);3*1H/t24-,26+,28-,32?;;;/m1.../s1. The Morgan fingerprint density at radius 1 is 1.16 bits per heavy atom. The van der Waals surface area contributed by atoms with E-state index in [0.717, 1.165) is 57.4 Å². The summed E-state index contributed by atoms with van der Waals surface area (Å²) in [6.45, 7) is 14.3. The van der Waals surface area contributed by atoms with Crippen molar-refractivity contribution in [2.24, 2.45) is 11.8 Å². The Kier molecular flexibility index (Phi) is 13.0. The monoisotopic (exact) mass is 660 g/mol. The summed E-state index contributed by atoms with van der Waals surface area (Å²) >= 11 is 0. The number of benzene rings is 1. The maximum atomic E-state index is 14.3. The number of piperidine rings is 1. The van der Waals surface area contributed by atoms with Gasteiger partial charge in [-0.25, -0.2) is 4.39 Å². The second-order valence-corrected chi connectivity index (χ2v) is 13.3. The fourth-order valence-electron chi connectivity index (χ4n) is 8.33. The normalized spacial score (nSPS) is 24.3. The fraction of sp³-hybridized carbons (Fsp3) is 0.697. The number of carboxylic acid groups (broad SMARTS) is 1. The SMILES string of the molecule is CCc1nn(CC)c2c1CCC21CCN(C[C@H]2C[C@H](N(C)C(C)(C(=O)O)C(C)C)C[C@@H]2c2cccc(F)c2)CC1.Cl.Cl.Cl. The lowest BCUT2D eigenvalue weighted by atomic mass is 9.75. The number of hydrogen-bond donors (Lipinski definition) is 1. The smallest absolute Gasteiger partial charge is 0.324 e. The van der Waals surface area contributed by atoms with E-state index in [-0.39, 0.29) is 66.3 Å². The summed E-state index contributed by atoms with van der Waals surface area (Å²) in [7, 11) is 1.98. The van der Waals surface area contributed by atoms with Crippen molar-refractivity contribution in [3.63, 3.8) is 0 Å². The number of fused-ring (bicyclic) bond motifs is 2. The number of rotatable bonds is 9.